The van der Waals surface area contributed by atoms with E-state index in [0.29, 0.717) is 0 Å². The van der Waals surface area contributed by atoms with E-state index in [0.717, 1.165) is 31.2 Å². The van der Waals surface area contributed by atoms with Crippen LogP contribution in [0.1, 0.15) is 44.1 Å². The van der Waals surface area contributed by atoms with E-state index >= 15 is 0 Å². The van der Waals surface area contributed by atoms with Crippen molar-refractivity contribution >= 4 is 12.0 Å². The van der Waals surface area contributed by atoms with Gasteiger partial charge in [-0.2, -0.15) is 0 Å². The molecule has 1 saturated carbocycles. The van der Waals surface area contributed by atoms with E-state index in [9.17, 15) is 14.7 Å². The molecule has 136 valence electrons. The summed E-state index contributed by atoms with van der Waals surface area (Å²) in [4.78, 5) is 26.3. The first-order chi connectivity index (χ1) is 12.1. The number of amides is 2. The average molecular weight is 346 g/mol. The van der Waals surface area contributed by atoms with Gasteiger partial charge in [-0.05, 0) is 18.4 Å². The molecule has 1 aliphatic carbocycles. The zero-order valence-electron chi connectivity index (χ0n) is 14.4. The highest BCUT2D eigenvalue weighted by molar-refractivity contribution is 5.86. The lowest BCUT2D eigenvalue weighted by atomic mass is 9.95. The molecular weight excluding hydrogens is 320 g/mol. The van der Waals surface area contributed by atoms with Crippen LogP contribution in [0.4, 0.5) is 4.79 Å². The maximum atomic E-state index is 12.6. The molecular formula is C19H26N2O4. The summed E-state index contributed by atoms with van der Waals surface area (Å²) in [6.45, 7) is 0.291. The molecule has 1 aromatic carbocycles. The van der Waals surface area contributed by atoms with Crippen LogP contribution in [0.25, 0.3) is 0 Å². The largest absolute Gasteiger partial charge is 0.445 e. The number of carbonyl (C=O) groups is 2. The number of hydrogen-bond acceptors (Lipinski definition) is 4. The Morgan fingerprint density at radius 1 is 1.16 bits per heavy atom. The van der Waals surface area contributed by atoms with Gasteiger partial charge in [0.25, 0.3) is 0 Å². The van der Waals surface area contributed by atoms with E-state index in [1.165, 1.54) is 11.3 Å². The van der Waals surface area contributed by atoms with Gasteiger partial charge >= 0.3 is 6.09 Å². The highest BCUT2D eigenvalue weighted by Gasteiger charge is 2.40. The van der Waals surface area contributed by atoms with E-state index in [-0.39, 0.29) is 31.5 Å². The zero-order valence-corrected chi connectivity index (χ0v) is 14.4. The predicted molar refractivity (Wildman–Crippen MR) is 92.8 cm³/mol. The van der Waals surface area contributed by atoms with E-state index < -0.39 is 18.2 Å². The van der Waals surface area contributed by atoms with E-state index in [4.69, 9.17) is 4.74 Å². The summed E-state index contributed by atoms with van der Waals surface area (Å²) in [5.41, 5.74) is 0.888. The van der Waals surface area contributed by atoms with Crippen molar-refractivity contribution in [2.24, 2.45) is 0 Å². The number of carbonyl (C=O) groups excluding carboxylic acids is 2. The predicted octanol–water partition coefficient (Wildman–Crippen LogP) is 2.21. The summed E-state index contributed by atoms with van der Waals surface area (Å²) >= 11 is 0. The van der Waals surface area contributed by atoms with Crippen LogP contribution in [0.2, 0.25) is 0 Å². The van der Waals surface area contributed by atoms with Gasteiger partial charge in [-0.1, -0.05) is 49.6 Å². The molecule has 0 bridgehead atoms. The Morgan fingerprint density at radius 3 is 2.60 bits per heavy atom. The molecule has 1 heterocycles. The molecule has 0 spiro atoms. The standard InChI is InChI=1S/C19H26N2O4/c22-16-11-17(18(23)20-15-9-5-2-6-10-15)21(12-16)19(24)25-13-14-7-3-1-4-8-14/h1,3-4,7-8,15-17,22H,2,5-6,9-13H2,(H,20,23)/t16-,17-/m1/s1. The summed E-state index contributed by atoms with van der Waals surface area (Å²) in [6, 6.07) is 8.93. The quantitative estimate of drug-likeness (QED) is 0.876. The number of aliphatic hydroxyl groups excluding tert-OH is 1. The molecule has 1 aliphatic heterocycles. The van der Waals surface area contributed by atoms with Gasteiger partial charge in [-0.15, -0.1) is 0 Å². The molecule has 6 nitrogen and oxygen atoms in total. The van der Waals surface area contributed by atoms with Crippen molar-refractivity contribution in [3.05, 3.63) is 35.9 Å². The number of aliphatic hydroxyl groups is 1. The van der Waals surface area contributed by atoms with Gasteiger partial charge < -0.3 is 15.2 Å². The monoisotopic (exact) mass is 346 g/mol. The maximum absolute atomic E-state index is 12.6. The molecule has 0 unspecified atom stereocenters. The zero-order chi connectivity index (χ0) is 17.6. The maximum Gasteiger partial charge on any atom is 0.410 e. The Labute approximate surface area is 148 Å². The second-order valence-corrected chi connectivity index (χ2v) is 6.94. The van der Waals surface area contributed by atoms with Crippen LogP contribution < -0.4 is 5.32 Å². The topological polar surface area (TPSA) is 78.9 Å². The van der Waals surface area contributed by atoms with Crippen molar-refractivity contribution in [2.45, 2.75) is 63.3 Å². The smallest absolute Gasteiger partial charge is 0.410 e. The van der Waals surface area contributed by atoms with E-state index in [1.807, 2.05) is 30.3 Å². The van der Waals surface area contributed by atoms with Gasteiger partial charge in [-0.3, -0.25) is 9.69 Å². The molecule has 3 rings (SSSR count). The van der Waals surface area contributed by atoms with Crippen molar-refractivity contribution in [3.8, 4) is 0 Å². The molecule has 1 aromatic rings. The minimum Gasteiger partial charge on any atom is -0.445 e. The van der Waals surface area contributed by atoms with Crippen LogP contribution in [-0.2, 0) is 16.1 Å². The summed E-state index contributed by atoms with van der Waals surface area (Å²) < 4.78 is 5.33. The van der Waals surface area contributed by atoms with Gasteiger partial charge in [0.05, 0.1) is 12.6 Å². The van der Waals surface area contributed by atoms with Crippen LogP contribution in [0.3, 0.4) is 0 Å². The summed E-state index contributed by atoms with van der Waals surface area (Å²) in [5, 5.41) is 13.0. The summed E-state index contributed by atoms with van der Waals surface area (Å²) in [6.07, 6.45) is 4.46. The van der Waals surface area contributed by atoms with Crippen molar-refractivity contribution < 1.29 is 19.4 Å². The van der Waals surface area contributed by atoms with Gasteiger partial charge in [0.15, 0.2) is 0 Å². The second-order valence-electron chi connectivity index (χ2n) is 6.94. The molecule has 6 heteroatoms. The lowest BCUT2D eigenvalue weighted by Crippen LogP contribution is -2.49. The molecule has 0 aromatic heterocycles. The van der Waals surface area contributed by atoms with Crippen LogP contribution in [0.5, 0.6) is 0 Å². The first-order valence-corrected chi connectivity index (χ1v) is 9.09. The van der Waals surface area contributed by atoms with Crippen LogP contribution >= 0.6 is 0 Å². The Balaban J connectivity index is 1.56. The third-order valence-corrected chi connectivity index (χ3v) is 4.97. The van der Waals surface area contributed by atoms with Crippen molar-refractivity contribution in [2.75, 3.05) is 6.54 Å². The number of likely N-dealkylation sites (tertiary alicyclic amines) is 1. The third-order valence-electron chi connectivity index (χ3n) is 4.97. The normalized spacial score (nSPS) is 24.1. The third kappa shape index (κ3) is 4.72. The second kappa shape index (κ2) is 8.34. The molecule has 25 heavy (non-hydrogen) atoms. The minimum absolute atomic E-state index is 0.135. The van der Waals surface area contributed by atoms with Crippen LogP contribution in [0.15, 0.2) is 30.3 Å². The number of hydrogen-bond donors (Lipinski definition) is 2. The molecule has 1 saturated heterocycles. The van der Waals surface area contributed by atoms with Gasteiger partial charge in [0.1, 0.15) is 12.6 Å². The van der Waals surface area contributed by atoms with Crippen LogP contribution in [0, 0.1) is 0 Å². The first-order valence-electron chi connectivity index (χ1n) is 9.09. The fourth-order valence-electron chi connectivity index (χ4n) is 3.61. The van der Waals surface area contributed by atoms with Crippen molar-refractivity contribution in [3.63, 3.8) is 0 Å². The average Bonchev–Trinajstić information content (AvgIpc) is 3.03. The van der Waals surface area contributed by atoms with Crippen molar-refractivity contribution in [1.29, 1.82) is 0 Å². The number of nitrogens with zero attached hydrogens (tertiary/aromatic N) is 1. The SMILES string of the molecule is O=C(NC1CCCCC1)[C@H]1C[C@@H](O)CN1C(=O)OCc1ccccc1. The Kier molecular flexibility index (Phi) is 5.91. The Bertz CT molecular complexity index is 586. The van der Waals surface area contributed by atoms with E-state index in [1.54, 1.807) is 0 Å². The minimum atomic E-state index is -0.689. The fraction of sp³-hybridized carbons (Fsp3) is 0.579. The number of ether oxygens (including phenoxy) is 1. The number of nitrogens with one attached hydrogen (secondary N) is 1. The molecule has 0 radical (unpaired) electrons. The molecule has 2 atom stereocenters. The summed E-state index contributed by atoms with van der Waals surface area (Å²) in [5.74, 6) is -0.180. The van der Waals surface area contributed by atoms with Gasteiger partial charge in [0.2, 0.25) is 5.91 Å². The lowest BCUT2D eigenvalue weighted by molar-refractivity contribution is -0.126. The molecule has 2 fully saturated rings. The molecule has 2 aliphatic rings. The van der Waals surface area contributed by atoms with E-state index in [2.05, 4.69) is 5.32 Å². The number of rotatable bonds is 4. The molecule has 2 amide bonds. The molecule has 2 N–H and O–H groups in total. The first kappa shape index (κ1) is 17.7. The number of benzene rings is 1. The number of β-amino-alcohol motifs (C(OH)–C–C–N with tert-alkyl or cyclic N) is 1. The summed E-state index contributed by atoms with van der Waals surface area (Å²) in [7, 11) is 0. The van der Waals surface area contributed by atoms with Gasteiger partial charge in [-0.25, -0.2) is 4.79 Å². The highest BCUT2D eigenvalue weighted by atomic mass is 16.6. The van der Waals surface area contributed by atoms with Gasteiger partial charge in [0, 0.05) is 12.5 Å². The highest BCUT2D eigenvalue weighted by Crippen LogP contribution is 2.22. The Hall–Kier alpha value is -2.08. The fourth-order valence-corrected chi connectivity index (χ4v) is 3.61. The van der Waals surface area contributed by atoms with Crippen molar-refractivity contribution in [1.82, 2.24) is 10.2 Å². The lowest BCUT2D eigenvalue weighted by Gasteiger charge is -2.27. The Morgan fingerprint density at radius 2 is 1.88 bits per heavy atom. The van der Waals surface area contributed by atoms with Crippen LogP contribution in [-0.4, -0.2) is 46.7 Å².